The van der Waals surface area contributed by atoms with Gasteiger partial charge < -0.3 is 20.5 Å². The molecule has 0 aliphatic carbocycles. The zero-order valence-electron chi connectivity index (χ0n) is 13.5. The Morgan fingerprint density at radius 3 is 2.67 bits per heavy atom. The van der Waals surface area contributed by atoms with Gasteiger partial charge in [-0.25, -0.2) is 4.79 Å². The maximum Gasteiger partial charge on any atom is 0.315 e. The number of benzene rings is 2. The third-order valence-electron chi connectivity index (χ3n) is 3.48. The van der Waals surface area contributed by atoms with Crippen LogP contribution in [0.25, 0.3) is 0 Å². The molecule has 0 saturated carbocycles. The summed E-state index contributed by atoms with van der Waals surface area (Å²) in [6, 6.07) is 14.4. The van der Waals surface area contributed by atoms with Gasteiger partial charge >= 0.3 is 6.03 Å². The summed E-state index contributed by atoms with van der Waals surface area (Å²) >= 11 is 6.02. The summed E-state index contributed by atoms with van der Waals surface area (Å²) in [6.07, 6.45) is -0.852. The van der Waals surface area contributed by atoms with Gasteiger partial charge in [0.15, 0.2) is 0 Å². The van der Waals surface area contributed by atoms with Gasteiger partial charge in [-0.05, 0) is 17.2 Å². The zero-order chi connectivity index (χ0) is 17.4. The number of halogens is 1. The molecule has 2 rings (SSSR count). The van der Waals surface area contributed by atoms with Crippen LogP contribution in [-0.2, 0) is 17.9 Å². The standard InChI is InChI=1S/C18H21ClN2O3/c1-24-12-14-6-4-5-13(9-14)10-20-18(23)21-11-17(22)15-7-2-3-8-16(15)19/h2-9,17,22H,10-12H2,1H3,(H2,20,21,23). The van der Waals surface area contributed by atoms with Crippen LogP contribution in [0.4, 0.5) is 4.79 Å². The quantitative estimate of drug-likeness (QED) is 0.720. The van der Waals surface area contributed by atoms with Crippen molar-refractivity contribution in [2.45, 2.75) is 19.3 Å². The summed E-state index contributed by atoms with van der Waals surface area (Å²) in [5.74, 6) is 0. The Bertz CT molecular complexity index is 679. The van der Waals surface area contributed by atoms with Gasteiger partial charge in [0.2, 0.25) is 0 Å². The Balaban J connectivity index is 1.79. The lowest BCUT2D eigenvalue weighted by molar-refractivity contribution is 0.173. The number of methoxy groups -OCH3 is 1. The van der Waals surface area contributed by atoms with Gasteiger partial charge in [-0.3, -0.25) is 0 Å². The van der Waals surface area contributed by atoms with Crippen LogP contribution in [0, 0.1) is 0 Å². The Morgan fingerprint density at radius 1 is 1.17 bits per heavy atom. The van der Waals surface area contributed by atoms with Gasteiger partial charge in [0.05, 0.1) is 12.7 Å². The molecule has 2 aromatic carbocycles. The number of hydrogen-bond donors (Lipinski definition) is 3. The van der Waals surface area contributed by atoms with E-state index in [2.05, 4.69) is 10.6 Å². The molecule has 0 aliphatic heterocycles. The van der Waals surface area contributed by atoms with E-state index in [4.69, 9.17) is 16.3 Å². The van der Waals surface area contributed by atoms with Crippen LogP contribution in [0.2, 0.25) is 5.02 Å². The van der Waals surface area contributed by atoms with E-state index < -0.39 is 6.10 Å². The van der Waals surface area contributed by atoms with E-state index in [1.807, 2.05) is 24.3 Å². The summed E-state index contributed by atoms with van der Waals surface area (Å²) in [6.45, 7) is 1.01. The van der Waals surface area contributed by atoms with Gasteiger partial charge in [-0.15, -0.1) is 0 Å². The molecular formula is C18H21ClN2O3. The maximum atomic E-state index is 11.9. The molecule has 0 spiro atoms. The Labute approximate surface area is 146 Å². The first-order chi connectivity index (χ1) is 11.6. The molecule has 2 amide bonds. The third kappa shape index (κ3) is 5.53. The molecule has 0 aliphatic rings. The summed E-state index contributed by atoms with van der Waals surface area (Å²) in [5.41, 5.74) is 2.62. The van der Waals surface area contributed by atoms with Crippen molar-refractivity contribution in [3.63, 3.8) is 0 Å². The molecule has 6 heteroatoms. The molecule has 1 atom stereocenters. The van der Waals surface area contributed by atoms with Crippen LogP contribution < -0.4 is 10.6 Å². The molecule has 0 saturated heterocycles. The normalized spacial score (nSPS) is 11.8. The highest BCUT2D eigenvalue weighted by Crippen LogP contribution is 2.21. The summed E-state index contributed by atoms with van der Waals surface area (Å²) < 4.78 is 5.09. The number of aliphatic hydroxyl groups excluding tert-OH is 1. The number of rotatable bonds is 7. The SMILES string of the molecule is COCc1cccc(CNC(=O)NCC(O)c2ccccc2Cl)c1. The fourth-order valence-corrected chi connectivity index (χ4v) is 2.55. The van der Waals surface area contributed by atoms with Crippen LogP contribution in [0.5, 0.6) is 0 Å². The van der Waals surface area contributed by atoms with Crippen molar-refractivity contribution in [1.29, 1.82) is 0 Å². The number of amides is 2. The number of aliphatic hydroxyl groups is 1. The molecule has 24 heavy (non-hydrogen) atoms. The van der Waals surface area contributed by atoms with Crippen molar-refractivity contribution < 1.29 is 14.6 Å². The van der Waals surface area contributed by atoms with E-state index in [1.54, 1.807) is 31.4 Å². The van der Waals surface area contributed by atoms with E-state index in [9.17, 15) is 9.90 Å². The van der Waals surface area contributed by atoms with Crippen LogP contribution in [0.15, 0.2) is 48.5 Å². The summed E-state index contributed by atoms with van der Waals surface area (Å²) in [5, 5.41) is 16.0. The number of hydrogen-bond acceptors (Lipinski definition) is 3. The van der Waals surface area contributed by atoms with E-state index in [-0.39, 0.29) is 12.6 Å². The Hall–Kier alpha value is -2.08. The lowest BCUT2D eigenvalue weighted by atomic mass is 10.1. The fraction of sp³-hybridized carbons (Fsp3) is 0.278. The Kier molecular flexibility index (Phi) is 7.06. The van der Waals surface area contributed by atoms with E-state index in [0.717, 1.165) is 11.1 Å². The minimum atomic E-state index is -0.852. The largest absolute Gasteiger partial charge is 0.387 e. The lowest BCUT2D eigenvalue weighted by Crippen LogP contribution is -2.37. The minimum absolute atomic E-state index is 0.0826. The molecule has 0 heterocycles. The van der Waals surface area contributed by atoms with E-state index in [1.165, 1.54) is 0 Å². The van der Waals surface area contributed by atoms with Crippen molar-refractivity contribution in [3.8, 4) is 0 Å². The van der Waals surface area contributed by atoms with E-state index in [0.29, 0.717) is 23.7 Å². The first-order valence-corrected chi connectivity index (χ1v) is 7.99. The number of carbonyl (C=O) groups is 1. The van der Waals surface area contributed by atoms with Crippen LogP contribution >= 0.6 is 11.6 Å². The number of carbonyl (C=O) groups excluding carboxylic acids is 1. The average Bonchev–Trinajstić information content (AvgIpc) is 2.59. The maximum absolute atomic E-state index is 11.9. The number of nitrogens with one attached hydrogen (secondary N) is 2. The molecule has 0 radical (unpaired) electrons. The minimum Gasteiger partial charge on any atom is -0.387 e. The van der Waals surface area contributed by atoms with Gasteiger partial charge in [-0.1, -0.05) is 54.1 Å². The summed E-state index contributed by atoms with van der Waals surface area (Å²) in [7, 11) is 1.64. The van der Waals surface area contributed by atoms with Crippen LogP contribution in [0.1, 0.15) is 22.8 Å². The predicted molar refractivity (Wildman–Crippen MR) is 93.8 cm³/mol. The Morgan fingerprint density at radius 2 is 1.92 bits per heavy atom. The van der Waals surface area contributed by atoms with Crippen molar-refractivity contribution in [2.75, 3.05) is 13.7 Å². The second kappa shape index (κ2) is 9.27. The highest BCUT2D eigenvalue weighted by atomic mass is 35.5. The molecule has 1 unspecified atom stereocenters. The third-order valence-corrected chi connectivity index (χ3v) is 3.82. The molecule has 128 valence electrons. The van der Waals surface area contributed by atoms with Gasteiger partial charge in [-0.2, -0.15) is 0 Å². The average molecular weight is 349 g/mol. The zero-order valence-corrected chi connectivity index (χ0v) is 14.2. The van der Waals surface area contributed by atoms with Gasteiger partial charge in [0.25, 0.3) is 0 Å². The predicted octanol–water partition coefficient (Wildman–Crippen LogP) is 3.02. The molecule has 0 bridgehead atoms. The first-order valence-electron chi connectivity index (χ1n) is 7.61. The second-order valence-corrected chi connectivity index (χ2v) is 5.76. The monoisotopic (exact) mass is 348 g/mol. The highest BCUT2D eigenvalue weighted by molar-refractivity contribution is 6.31. The molecule has 3 N–H and O–H groups in total. The second-order valence-electron chi connectivity index (χ2n) is 5.35. The van der Waals surface area contributed by atoms with Crippen molar-refractivity contribution in [3.05, 3.63) is 70.2 Å². The van der Waals surface area contributed by atoms with Gasteiger partial charge in [0, 0.05) is 30.8 Å². The number of ether oxygens (including phenoxy) is 1. The first kappa shape index (κ1) is 18.3. The molecule has 0 fully saturated rings. The van der Waals surface area contributed by atoms with Gasteiger partial charge in [0.1, 0.15) is 0 Å². The topological polar surface area (TPSA) is 70.6 Å². The number of urea groups is 1. The fourth-order valence-electron chi connectivity index (χ4n) is 2.29. The molecule has 2 aromatic rings. The van der Waals surface area contributed by atoms with Crippen molar-refractivity contribution >= 4 is 17.6 Å². The van der Waals surface area contributed by atoms with Crippen LogP contribution in [0.3, 0.4) is 0 Å². The van der Waals surface area contributed by atoms with Crippen molar-refractivity contribution in [1.82, 2.24) is 10.6 Å². The smallest absolute Gasteiger partial charge is 0.315 e. The molecule has 0 aromatic heterocycles. The lowest BCUT2D eigenvalue weighted by Gasteiger charge is -2.14. The molecule has 5 nitrogen and oxygen atoms in total. The highest BCUT2D eigenvalue weighted by Gasteiger charge is 2.12. The van der Waals surface area contributed by atoms with Crippen molar-refractivity contribution in [2.24, 2.45) is 0 Å². The van der Waals surface area contributed by atoms with Crippen LogP contribution in [-0.4, -0.2) is 24.8 Å². The van der Waals surface area contributed by atoms with E-state index >= 15 is 0 Å². The summed E-state index contributed by atoms with van der Waals surface area (Å²) in [4.78, 5) is 11.9. The molecular weight excluding hydrogens is 328 g/mol.